The van der Waals surface area contributed by atoms with E-state index in [2.05, 4.69) is 15.3 Å². The van der Waals surface area contributed by atoms with Crippen molar-refractivity contribution in [2.45, 2.75) is 13.0 Å². The van der Waals surface area contributed by atoms with Gasteiger partial charge in [0, 0.05) is 42.5 Å². The third-order valence-electron chi connectivity index (χ3n) is 3.30. The SMILES string of the molecule is O=C(NCc1cccnc1OCC(F)F)c1ccn2ccnc2c1. The van der Waals surface area contributed by atoms with Gasteiger partial charge in [-0.2, -0.15) is 0 Å². The molecule has 0 saturated heterocycles. The van der Waals surface area contributed by atoms with Gasteiger partial charge in [-0.05, 0) is 18.2 Å². The number of hydrogen-bond donors (Lipinski definition) is 1. The zero-order chi connectivity index (χ0) is 16.9. The first kappa shape index (κ1) is 15.9. The molecule has 3 heterocycles. The maximum atomic E-state index is 12.3. The molecule has 0 aliphatic heterocycles. The summed E-state index contributed by atoms with van der Waals surface area (Å²) >= 11 is 0. The molecular weight excluding hydrogens is 318 g/mol. The second-order valence-electron chi connectivity index (χ2n) is 4.96. The molecule has 1 N–H and O–H groups in total. The zero-order valence-electron chi connectivity index (χ0n) is 12.5. The Morgan fingerprint density at radius 3 is 2.96 bits per heavy atom. The highest BCUT2D eigenvalue weighted by molar-refractivity contribution is 5.95. The summed E-state index contributed by atoms with van der Waals surface area (Å²) in [7, 11) is 0. The number of rotatable bonds is 6. The van der Waals surface area contributed by atoms with Crippen molar-refractivity contribution in [3.63, 3.8) is 0 Å². The van der Waals surface area contributed by atoms with Gasteiger partial charge in [0.15, 0.2) is 6.61 Å². The van der Waals surface area contributed by atoms with E-state index in [1.807, 2.05) is 0 Å². The van der Waals surface area contributed by atoms with Gasteiger partial charge in [0.2, 0.25) is 5.88 Å². The largest absolute Gasteiger partial charge is 0.471 e. The van der Waals surface area contributed by atoms with Gasteiger partial charge in [-0.15, -0.1) is 0 Å². The number of hydrogen-bond acceptors (Lipinski definition) is 4. The lowest BCUT2D eigenvalue weighted by molar-refractivity contribution is 0.0787. The molecule has 0 saturated carbocycles. The van der Waals surface area contributed by atoms with Gasteiger partial charge in [-0.25, -0.2) is 18.7 Å². The van der Waals surface area contributed by atoms with Gasteiger partial charge in [-0.3, -0.25) is 4.79 Å². The number of pyridine rings is 2. The lowest BCUT2D eigenvalue weighted by atomic mass is 10.2. The minimum atomic E-state index is -2.59. The Kier molecular flexibility index (Phi) is 4.64. The highest BCUT2D eigenvalue weighted by Gasteiger charge is 2.11. The van der Waals surface area contributed by atoms with Crippen molar-refractivity contribution in [3.8, 4) is 5.88 Å². The lowest BCUT2D eigenvalue weighted by Crippen LogP contribution is -2.23. The molecule has 124 valence electrons. The second-order valence-corrected chi connectivity index (χ2v) is 4.96. The molecule has 0 unspecified atom stereocenters. The predicted octanol–water partition coefficient (Wildman–Crippen LogP) is 2.30. The summed E-state index contributed by atoms with van der Waals surface area (Å²) in [5.41, 5.74) is 1.63. The van der Waals surface area contributed by atoms with Gasteiger partial charge in [0.25, 0.3) is 12.3 Å². The minimum absolute atomic E-state index is 0.0850. The Bertz CT molecular complexity index is 851. The monoisotopic (exact) mass is 332 g/mol. The van der Waals surface area contributed by atoms with Crippen molar-refractivity contribution in [1.82, 2.24) is 19.7 Å². The average Bonchev–Trinajstić information content (AvgIpc) is 3.06. The number of carbonyl (C=O) groups excluding carboxylic acids is 1. The molecule has 0 spiro atoms. The highest BCUT2D eigenvalue weighted by Crippen LogP contribution is 2.15. The van der Waals surface area contributed by atoms with E-state index in [1.54, 1.807) is 47.3 Å². The van der Waals surface area contributed by atoms with Crippen LogP contribution in [0.1, 0.15) is 15.9 Å². The topological polar surface area (TPSA) is 68.5 Å². The van der Waals surface area contributed by atoms with Crippen molar-refractivity contribution in [2.75, 3.05) is 6.61 Å². The summed E-state index contributed by atoms with van der Waals surface area (Å²) in [5.74, 6) is -0.217. The van der Waals surface area contributed by atoms with Crippen molar-refractivity contribution >= 4 is 11.6 Å². The van der Waals surface area contributed by atoms with Gasteiger partial charge in [0.1, 0.15) is 5.65 Å². The molecule has 3 aromatic rings. The summed E-state index contributed by atoms with van der Waals surface area (Å²) in [6.07, 6.45) is 4.01. The Labute approximate surface area is 136 Å². The van der Waals surface area contributed by atoms with E-state index in [-0.39, 0.29) is 18.3 Å². The average molecular weight is 332 g/mol. The molecular formula is C16H14F2N4O2. The van der Waals surface area contributed by atoms with Crippen LogP contribution in [0.3, 0.4) is 0 Å². The van der Waals surface area contributed by atoms with Crippen LogP contribution < -0.4 is 10.1 Å². The molecule has 0 aliphatic rings. The minimum Gasteiger partial charge on any atom is -0.471 e. The van der Waals surface area contributed by atoms with E-state index in [0.29, 0.717) is 16.8 Å². The van der Waals surface area contributed by atoms with Crippen LogP contribution in [0.5, 0.6) is 5.88 Å². The Hall–Kier alpha value is -3.03. The van der Waals surface area contributed by atoms with E-state index in [4.69, 9.17) is 4.74 Å². The summed E-state index contributed by atoms with van der Waals surface area (Å²) < 4.78 is 31.3. The van der Waals surface area contributed by atoms with E-state index in [9.17, 15) is 13.6 Å². The molecule has 1 amide bonds. The zero-order valence-corrected chi connectivity index (χ0v) is 12.5. The highest BCUT2D eigenvalue weighted by atomic mass is 19.3. The number of imidazole rings is 1. The van der Waals surface area contributed by atoms with Crippen LogP contribution in [0.15, 0.2) is 49.1 Å². The first-order chi connectivity index (χ1) is 11.6. The van der Waals surface area contributed by atoms with Crippen LogP contribution in [-0.4, -0.2) is 33.3 Å². The first-order valence-electron chi connectivity index (χ1n) is 7.19. The molecule has 0 radical (unpaired) electrons. The Balaban J connectivity index is 1.67. The van der Waals surface area contributed by atoms with Crippen molar-refractivity contribution < 1.29 is 18.3 Å². The van der Waals surface area contributed by atoms with Gasteiger partial charge >= 0.3 is 0 Å². The molecule has 0 atom stereocenters. The number of fused-ring (bicyclic) bond motifs is 1. The fraction of sp³-hybridized carbons (Fsp3) is 0.188. The van der Waals surface area contributed by atoms with Crippen molar-refractivity contribution in [3.05, 3.63) is 60.2 Å². The summed E-state index contributed by atoms with van der Waals surface area (Å²) in [6.45, 7) is -0.626. The normalized spacial score (nSPS) is 11.0. The first-order valence-corrected chi connectivity index (χ1v) is 7.19. The van der Waals surface area contributed by atoms with E-state index >= 15 is 0 Å². The number of amides is 1. The number of alkyl halides is 2. The lowest BCUT2D eigenvalue weighted by Gasteiger charge is -2.11. The van der Waals surface area contributed by atoms with Crippen LogP contribution in [0.4, 0.5) is 8.78 Å². The van der Waals surface area contributed by atoms with Gasteiger partial charge in [0.05, 0.1) is 0 Å². The molecule has 0 bridgehead atoms. The molecule has 3 rings (SSSR count). The van der Waals surface area contributed by atoms with Crippen LogP contribution in [-0.2, 0) is 6.54 Å². The van der Waals surface area contributed by atoms with Crippen LogP contribution >= 0.6 is 0 Å². The fourth-order valence-corrected chi connectivity index (χ4v) is 2.16. The number of halogens is 2. The van der Waals surface area contributed by atoms with E-state index in [1.165, 1.54) is 6.20 Å². The maximum Gasteiger partial charge on any atom is 0.272 e. The van der Waals surface area contributed by atoms with Crippen molar-refractivity contribution in [2.24, 2.45) is 0 Å². The number of nitrogens with one attached hydrogen (secondary N) is 1. The Morgan fingerprint density at radius 2 is 2.12 bits per heavy atom. The molecule has 0 aliphatic carbocycles. The molecule has 8 heteroatoms. The third-order valence-corrected chi connectivity index (χ3v) is 3.30. The fourth-order valence-electron chi connectivity index (χ4n) is 2.16. The van der Waals surface area contributed by atoms with Gasteiger partial charge in [-0.1, -0.05) is 6.07 Å². The predicted molar refractivity (Wildman–Crippen MR) is 82.1 cm³/mol. The quantitative estimate of drug-likeness (QED) is 0.752. The molecule has 0 aromatic carbocycles. The van der Waals surface area contributed by atoms with Crippen LogP contribution in [0.25, 0.3) is 5.65 Å². The number of nitrogens with zero attached hydrogens (tertiary/aromatic N) is 3. The van der Waals surface area contributed by atoms with Gasteiger partial charge < -0.3 is 14.5 Å². The number of ether oxygens (including phenoxy) is 1. The number of aromatic nitrogens is 3. The maximum absolute atomic E-state index is 12.3. The molecule has 24 heavy (non-hydrogen) atoms. The van der Waals surface area contributed by atoms with Crippen LogP contribution in [0, 0.1) is 0 Å². The summed E-state index contributed by atoms with van der Waals surface area (Å²) in [4.78, 5) is 20.3. The van der Waals surface area contributed by atoms with E-state index < -0.39 is 13.0 Å². The Morgan fingerprint density at radius 1 is 1.25 bits per heavy atom. The smallest absolute Gasteiger partial charge is 0.272 e. The number of carbonyl (C=O) groups is 1. The summed E-state index contributed by atoms with van der Waals surface area (Å²) in [5, 5.41) is 2.72. The molecule has 3 aromatic heterocycles. The molecule has 0 fully saturated rings. The standard InChI is InChI=1S/C16H14F2N4O2/c17-13(18)10-24-16-12(2-1-4-20-16)9-21-15(23)11-3-6-22-7-5-19-14(22)8-11/h1-8,13H,9-10H2,(H,21,23). The molecule has 6 nitrogen and oxygen atoms in total. The van der Waals surface area contributed by atoms with E-state index in [0.717, 1.165) is 0 Å². The third kappa shape index (κ3) is 3.65. The summed E-state index contributed by atoms with van der Waals surface area (Å²) in [6, 6.07) is 6.63. The second kappa shape index (κ2) is 7.03. The van der Waals surface area contributed by atoms with Crippen LogP contribution in [0.2, 0.25) is 0 Å². The van der Waals surface area contributed by atoms with Crippen molar-refractivity contribution in [1.29, 1.82) is 0 Å².